The predicted molar refractivity (Wildman–Crippen MR) is 65.2 cm³/mol. The van der Waals surface area contributed by atoms with Gasteiger partial charge in [-0.25, -0.2) is 0 Å². The highest BCUT2D eigenvalue weighted by Gasteiger charge is 2.21. The van der Waals surface area contributed by atoms with Gasteiger partial charge in [-0.2, -0.15) is 16.9 Å². The van der Waals surface area contributed by atoms with Gasteiger partial charge in [-0.1, -0.05) is 0 Å². The van der Waals surface area contributed by atoms with Crippen molar-refractivity contribution in [3.8, 4) is 0 Å². The first-order chi connectivity index (χ1) is 7.24. The molecule has 0 bridgehead atoms. The summed E-state index contributed by atoms with van der Waals surface area (Å²) in [6.07, 6.45) is 2.08. The molecule has 0 spiro atoms. The van der Waals surface area contributed by atoms with E-state index in [2.05, 4.69) is 18.5 Å². The summed E-state index contributed by atoms with van der Waals surface area (Å²) >= 11 is 2.01. The molecule has 2 N–H and O–H groups in total. The molecule has 1 aromatic heterocycles. The van der Waals surface area contributed by atoms with Crippen LogP contribution in [-0.2, 0) is 18.6 Å². The third-order valence-electron chi connectivity index (χ3n) is 2.80. The first-order valence-corrected chi connectivity index (χ1v) is 6.76. The Morgan fingerprint density at radius 3 is 3.00 bits per heavy atom. The summed E-state index contributed by atoms with van der Waals surface area (Å²) < 4.78 is 2.17. The average molecular weight is 225 g/mol. The van der Waals surface area contributed by atoms with E-state index in [1.54, 1.807) is 0 Å². The summed E-state index contributed by atoms with van der Waals surface area (Å²) in [7, 11) is 0. The van der Waals surface area contributed by atoms with Crippen LogP contribution in [0.5, 0.6) is 0 Å². The van der Waals surface area contributed by atoms with E-state index in [-0.39, 0.29) is 0 Å². The summed E-state index contributed by atoms with van der Waals surface area (Å²) in [5, 5.41) is 4.72. The van der Waals surface area contributed by atoms with Crippen LogP contribution in [0, 0.1) is 0 Å². The highest BCUT2D eigenvalue weighted by Crippen LogP contribution is 2.28. The minimum Gasteiger partial charge on any atom is -0.330 e. The number of aryl methyl sites for hydroxylation is 1. The third-order valence-corrected chi connectivity index (χ3v) is 3.79. The molecule has 15 heavy (non-hydrogen) atoms. The van der Waals surface area contributed by atoms with Crippen LogP contribution in [-0.4, -0.2) is 22.1 Å². The topological polar surface area (TPSA) is 43.8 Å². The van der Waals surface area contributed by atoms with Crippen molar-refractivity contribution >= 4 is 11.8 Å². The fraction of sp³-hybridized carbons (Fsp3) is 0.727. The molecule has 0 fully saturated rings. The average Bonchev–Trinajstić information content (AvgIpc) is 2.58. The summed E-state index contributed by atoms with van der Waals surface area (Å²) in [4.78, 5) is 0. The SMILES string of the molecule is CC(C)n1nc2c(c1CCN)CSCC2. The number of nitrogens with two attached hydrogens (primary N) is 1. The van der Waals surface area contributed by atoms with Gasteiger partial charge in [-0.3, -0.25) is 4.68 Å². The van der Waals surface area contributed by atoms with Crippen molar-refractivity contribution in [2.75, 3.05) is 12.3 Å². The molecule has 84 valence electrons. The number of aromatic nitrogens is 2. The van der Waals surface area contributed by atoms with Gasteiger partial charge in [0.05, 0.1) is 5.69 Å². The van der Waals surface area contributed by atoms with Crippen molar-refractivity contribution in [2.45, 2.75) is 38.5 Å². The molecule has 0 unspecified atom stereocenters. The van der Waals surface area contributed by atoms with Gasteiger partial charge < -0.3 is 5.73 Å². The van der Waals surface area contributed by atoms with Crippen molar-refractivity contribution < 1.29 is 0 Å². The lowest BCUT2D eigenvalue weighted by atomic mass is 10.1. The number of hydrogen-bond donors (Lipinski definition) is 1. The normalized spacial score (nSPS) is 15.7. The van der Waals surface area contributed by atoms with Crippen molar-refractivity contribution in [3.05, 3.63) is 17.0 Å². The van der Waals surface area contributed by atoms with Gasteiger partial charge in [-0.15, -0.1) is 0 Å². The molecule has 1 aliphatic heterocycles. The Morgan fingerprint density at radius 1 is 1.53 bits per heavy atom. The number of hydrogen-bond acceptors (Lipinski definition) is 3. The molecule has 0 atom stereocenters. The van der Waals surface area contributed by atoms with E-state index in [0.717, 1.165) is 25.1 Å². The van der Waals surface area contributed by atoms with Crippen LogP contribution < -0.4 is 5.73 Å². The Labute approximate surface area is 95.4 Å². The Balaban J connectivity index is 2.41. The minimum atomic E-state index is 0.446. The van der Waals surface area contributed by atoms with Gasteiger partial charge in [0, 0.05) is 35.9 Å². The molecule has 0 amide bonds. The molecule has 4 heteroatoms. The van der Waals surface area contributed by atoms with Gasteiger partial charge in [0.15, 0.2) is 0 Å². The van der Waals surface area contributed by atoms with Crippen LogP contribution >= 0.6 is 11.8 Å². The van der Waals surface area contributed by atoms with Gasteiger partial charge in [0.1, 0.15) is 0 Å². The van der Waals surface area contributed by atoms with E-state index < -0.39 is 0 Å². The van der Waals surface area contributed by atoms with Gasteiger partial charge in [0.2, 0.25) is 0 Å². The molecular formula is C11H19N3S. The Hall–Kier alpha value is -0.480. The van der Waals surface area contributed by atoms with E-state index in [1.165, 1.54) is 22.7 Å². The Kier molecular flexibility index (Phi) is 3.36. The maximum atomic E-state index is 5.67. The second-order valence-corrected chi connectivity index (χ2v) is 5.36. The van der Waals surface area contributed by atoms with Gasteiger partial charge in [-0.05, 0) is 26.1 Å². The van der Waals surface area contributed by atoms with Gasteiger partial charge >= 0.3 is 0 Å². The standard InChI is InChI=1S/C11H19N3S/c1-8(2)14-11(3-5-12)9-7-15-6-4-10(9)13-14/h8H,3-7,12H2,1-2H3. The highest BCUT2D eigenvalue weighted by molar-refractivity contribution is 7.98. The number of thioether (sulfide) groups is 1. The molecule has 0 radical (unpaired) electrons. The van der Waals surface area contributed by atoms with E-state index in [9.17, 15) is 0 Å². The number of rotatable bonds is 3. The first-order valence-electron chi connectivity index (χ1n) is 5.61. The van der Waals surface area contributed by atoms with E-state index in [1.807, 2.05) is 11.8 Å². The van der Waals surface area contributed by atoms with E-state index in [0.29, 0.717) is 6.04 Å². The highest BCUT2D eigenvalue weighted by atomic mass is 32.2. The monoisotopic (exact) mass is 225 g/mol. The predicted octanol–water partition coefficient (Wildman–Crippen LogP) is 1.75. The van der Waals surface area contributed by atoms with Crippen LogP contribution in [0.2, 0.25) is 0 Å². The fourth-order valence-electron chi connectivity index (χ4n) is 2.10. The zero-order valence-corrected chi connectivity index (χ0v) is 10.3. The lowest BCUT2D eigenvalue weighted by molar-refractivity contribution is 0.505. The molecule has 0 saturated heterocycles. The maximum absolute atomic E-state index is 5.67. The van der Waals surface area contributed by atoms with Gasteiger partial charge in [0.25, 0.3) is 0 Å². The van der Waals surface area contributed by atoms with Crippen LogP contribution in [0.1, 0.15) is 36.8 Å². The molecule has 1 aromatic rings. The second kappa shape index (κ2) is 4.58. The number of nitrogens with zero attached hydrogens (tertiary/aromatic N) is 2. The summed E-state index contributed by atoms with van der Waals surface area (Å²) in [6.45, 7) is 5.09. The first kappa shape index (κ1) is 11.0. The zero-order chi connectivity index (χ0) is 10.8. The lowest BCUT2D eigenvalue weighted by Gasteiger charge is -2.12. The minimum absolute atomic E-state index is 0.446. The van der Waals surface area contributed by atoms with Crippen molar-refractivity contribution in [1.29, 1.82) is 0 Å². The smallest absolute Gasteiger partial charge is 0.0676 e. The molecule has 0 aromatic carbocycles. The van der Waals surface area contributed by atoms with E-state index in [4.69, 9.17) is 10.8 Å². The third kappa shape index (κ3) is 2.06. The molecular weight excluding hydrogens is 206 g/mol. The molecule has 2 rings (SSSR count). The van der Waals surface area contributed by atoms with Crippen LogP contribution in [0.15, 0.2) is 0 Å². The number of fused-ring (bicyclic) bond motifs is 1. The van der Waals surface area contributed by atoms with Crippen molar-refractivity contribution in [2.24, 2.45) is 5.73 Å². The molecule has 0 saturated carbocycles. The molecule has 3 nitrogen and oxygen atoms in total. The quantitative estimate of drug-likeness (QED) is 0.852. The van der Waals surface area contributed by atoms with E-state index >= 15 is 0 Å². The maximum Gasteiger partial charge on any atom is 0.0676 e. The lowest BCUT2D eigenvalue weighted by Crippen LogP contribution is -2.13. The zero-order valence-electron chi connectivity index (χ0n) is 9.49. The Bertz CT molecular complexity index is 344. The molecule has 2 heterocycles. The van der Waals surface area contributed by atoms with Crippen LogP contribution in [0.25, 0.3) is 0 Å². The van der Waals surface area contributed by atoms with Crippen molar-refractivity contribution in [1.82, 2.24) is 9.78 Å². The molecule has 0 aliphatic carbocycles. The summed E-state index contributed by atoms with van der Waals surface area (Å²) in [6, 6.07) is 0.446. The van der Waals surface area contributed by atoms with Crippen molar-refractivity contribution in [3.63, 3.8) is 0 Å². The summed E-state index contributed by atoms with van der Waals surface area (Å²) in [5.74, 6) is 2.33. The fourth-order valence-corrected chi connectivity index (χ4v) is 3.11. The largest absolute Gasteiger partial charge is 0.330 e. The van der Waals surface area contributed by atoms with Crippen LogP contribution in [0.4, 0.5) is 0 Å². The summed E-state index contributed by atoms with van der Waals surface area (Å²) in [5.41, 5.74) is 9.82. The Morgan fingerprint density at radius 2 is 2.33 bits per heavy atom. The second-order valence-electron chi connectivity index (χ2n) is 4.25. The van der Waals surface area contributed by atoms with Crippen LogP contribution in [0.3, 0.4) is 0 Å². The molecule has 1 aliphatic rings.